The van der Waals surface area contributed by atoms with Crippen molar-refractivity contribution in [3.63, 3.8) is 0 Å². The average molecular weight is 700 g/mol. The first-order valence-corrected chi connectivity index (χ1v) is 18.4. The molecule has 10 aromatic rings. The van der Waals surface area contributed by atoms with E-state index >= 15 is 4.39 Å². The van der Waals surface area contributed by atoms with Crippen LogP contribution in [0.2, 0.25) is 0 Å². The maximum absolute atomic E-state index is 16.9. The number of para-hydroxylation sites is 3. The van der Waals surface area contributed by atoms with Crippen LogP contribution < -0.4 is 4.90 Å². The molecule has 54 heavy (non-hydrogen) atoms. The molecule has 0 radical (unpaired) electrons. The van der Waals surface area contributed by atoms with Crippen LogP contribution in [0, 0.1) is 0 Å². The molecule has 0 bridgehead atoms. The molecule has 0 fully saturated rings. The first-order valence-electron chi connectivity index (χ1n) is 18.4. The van der Waals surface area contributed by atoms with Crippen molar-refractivity contribution >= 4 is 66.3 Å². The second-order valence-electron chi connectivity index (χ2n) is 14.8. The molecule has 1 atom stereocenters. The van der Waals surface area contributed by atoms with E-state index in [4.69, 9.17) is 4.98 Å². The minimum absolute atomic E-state index is 0.284. The summed E-state index contributed by atoms with van der Waals surface area (Å²) in [6.07, 6.45) is 4.26. The smallest absolute Gasteiger partial charge is 0.150 e. The zero-order valence-electron chi connectivity index (χ0n) is 29.8. The Hall–Kier alpha value is -6.79. The van der Waals surface area contributed by atoms with Gasteiger partial charge in [-0.25, -0.2) is 14.4 Å². The van der Waals surface area contributed by atoms with Crippen molar-refractivity contribution in [2.45, 2.75) is 25.4 Å². The van der Waals surface area contributed by atoms with Crippen molar-refractivity contribution in [2.24, 2.45) is 0 Å². The molecule has 0 saturated heterocycles. The van der Waals surface area contributed by atoms with Crippen LogP contribution in [0.1, 0.15) is 42.3 Å². The molecule has 1 aliphatic heterocycles. The molecule has 5 heterocycles. The zero-order valence-corrected chi connectivity index (χ0v) is 29.8. The number of pyridine rings is 2. The van der Waals surface area contributed by atoms with E-state index in [1.54, 1.807) is 6.20 Å². The fraction of sp³-hybridized carbons (Fsp3) is 0.0833. The number of rotatable bonds is 4. The van der Waals surface area contributed by atoms with E-state index in [9.17, 15) is 0 Å². The number of hydrogen-bond donors (Lipinski definition) is 0. The van der Waals surface area contributed by atoms with Gasteiger partial charge in [0, 0.05) is 56.9 Å². The lowest BCUT2D eigenvalue weighted by molar-refractivity contribution is 0.402. The number of benzene rings is 6. The van der Waals surface area contributed by atoms with E-state index in [0.717, 1.165) is 66.3 Å². The summed E-state index contributed by atoms with van der Waals surface area (Å²) in [6, 6.07) is 50.2. The summed E-state index contributed by atoms with van der Waals surface area (Å²) in [6.45, 7) is 4.62. The Morgan fingerprint density at radius 2 is 1.28 bits per heavy atom. The van der Waals surface area contributed by atoms with Crippen LogP contribution in [0.4, 0.5) is 21.5 Å². The van der Waals surface area contributed by atoms with Gasteiger partial charge >= 0.3 is 0 Å². The van der Waals surface area contributed by atoms with E-state index in [1.807, 2.05) is 67.0 Å². The summed E-state index contributed by atoms with van der Waals surface area (Å²) in [4.78, 5) is 12.0. The highest BCUT2D eigenvalue weighted by Crippen LogP contribution is 2.53. The minimum Gasteiger partial charge on any atom is -0.310 e. The van der Waals surface area contributed by atoms with Gasteiger partial charge in [0.05, 0.1) is 22.4 Å². The lowest BCUT2D eigenvalue weighted by atomic mass is 9.73. The molecule has 0 saturated carbocycles. The number of alkyl halides is 1. The van der Waals surface area contributed by atoms with E-state index in [1.165, 1.54) is 16.8 Å². The number of anilines is 3. The van der Waals surface area contributed by atoms with Crippen LogP contribution in [-0.4, -0.2) is 18.9 Å². The first-order chi connectivity index (χ1) is 26.5. The van der Waals surface area contributed by atoms with Crippen LogP contribution in [-0.2, 0) is 5.41 Å². The molecule has 1 unspecified atom stereocenters. The van der Waals surface area contributed by atoms with E-state index in [2.05, 4.69) is 124 Å². The standard InChI is InChI=1S/C48H34FN5/c1-48(2)39-18-7-9-20-42(39)53(32-13-4-3-5-14-32)44-28-37-36-17-11-23-50-47(36)54(43(37)29-40(44)48)33-15-10-12-30(26-33)45(49)31-21-22-34-35-16-6-8-19-41(35)52-25-24-51-46(52)38(34)27-31/h3-29,45H,1-2H3. The van der Waals surface area contributed by atoms with Gasteiger partial charge in [-0.05, 0) is 94.4 Å². The van der Waals surface area contributed by atoms with Gasteiger partial charge in [0.1, 0.15) is 11.3 Å². The molecular formula is C48H34FN5. The quantitative estimate of drug-likeness (QED) is 0.172. The van der Waals surface area contributed by atoms with Crippen molar-refractivity contribution in [1.29, 1.82) is 0 Å². The van der Waals surface area contributed by atoms with Gasteiger partial charge in [-0.2, -0.15) is 0 Å². The average Bonchev–Trinajstić information content (AvgIpc) is 3.84. The number of halogens is 1. The monoisotopic (exact) mass is 699 g/mol. The van der Waals surface area contributed by atoms with Crippen molar-refractivity contribution in [3.05, 3.63) is 186 Å². The molecule has 258 valence electrons. The maximum Gasteiger partial charge on any atom is 0.150 e. The third-order valence-corrected chi connectivity index (χ3v) is 11.5. The van der Waals surface area contributed by atoms with Crippen LogP contribution in [0.5, 0.6) is 0 Å². The molecule has 0 N–H and O–H groups in total. The fourth-order valence-electron chi connectivity index (χ4n) is 8.91. The third-order valence-electron chi connectivity index (χ3n) is 11.5. The Morgan fingerprint density at radius 3 is 2.19 bits per heavy atom. The molecule has 0 spiro atoms. The van der Waals surface area contributed by atoms with Gasteiger partial charge in [-0.1, -0.05) is 92.7 Å². The first kappa shape index (κ1) is 30.8. The summed E-state index contributed by atoms with van der Waals surface area (Å²) in [5, 5.41) is 5.25. The topological polar surface area (TPSA) is 38.4 Å². The Labute approximate surface area is 311 Å². The number of fused-ring (bicyclic) bond motifs is 11. The van der Waals surface area contributed by atoms with Gasteiger partial charge in [0.2, 0.25) is 0 Å². The second-order valence-corrected chi connectivity index (χ2v) is 14.8. The number of imidazole rings is 1. The summed E-state index contributed by atoms with van der Waals surface area (Å²) in [5.74, 6) is 0. The lowest BCUT2D eigenvalue weighted by Crippen LogP contribution is -2.30. The lowest BCUT2D eigenvalue weighted by Gasteiger charge is -2.42. The van der Waals surface area contributed by atoms with Crippen LogP contribution in [0.25, 0.3) is 54.9 Å². The van der Waals surface area contributed by atoms with Crippen LogP contribution in [0.3, 0.4) is 0 Å². The van der Waals surface area contributed by atoms with Crippen molar-refractivity contribution in [3.8, 4) is 5.69 Å². The van der Waals surface area contributed by atoms with Gasteiger partial charge in [0.25, 0.3) is 0 Å². The predicted molar refractivity (Wildman–Crippen MR) is 219 cm³/mol. The van der Waals surface area contributed by atoms with Crippen LogP contribution in [0.15, 0.2) is 164 Å². The van der Waals surface area contributed by atoms with Gasteiger partial charge in [-0.15, -0.1) is 0 Å². The molecule has 1 aliphatic rings. The highest BCUT2D eigenvalue weighted by atomic mass is 19.1. The molecule has 0 amide bonds. The van der Waals surface area contributed by atoms with Gasteiger partial charge < -0.3 is 4.90 Å². The Balaban J connectivity index is 1.09. The largest absolute Gasteiger partial charge is 0.310 e. The normalized spacial score (nSPS) is 14.2. The predicted octanol–water partition coefficient (Wildman–Crippen LogP) is 12.3. The number of hydrogen-bond acceptors (Lipinski definition) is 3. The zero-order chi connectivity index (χ0) is 36.1. The molecule has 0 aliphatic carbocycles. The number of aromatic nitrogens is 4. The summed E-state index contributed by atoms with van der Waals surface area (Å²) in [5.41, 5.74) is 11.5. The second kappa shape index (κ2) is 11.4. The van der Waals surface area contributed by atoms with E-state index in [-0.39, 0.29) is 5.41 Å². The molecule has 6 heteroatoms. The Bertz CT molecular complexity index is 3120. The molecular weight excluding hydrogens is 666 g/mol. The minimum atomic E-state index is -1.35. The van der Waals surface area contributed by atoms with Crippen molar-refractivity contribution in [1.82, 2.24) is 18.9 Å². The van der Waals surface area contributed by atoms with Crippen molar-refractivity contribution in [2.75, 3.05) is 4.90 Å². The summed E-state index contributed by atoms with van der Waals surface area (Å²) < 4.78 is 21.2. The molecule has 6 aromatic carbocycles. The SMILES string of the molecule is CC1(C)c2ccccc2N(c2ccccc2)c2cc3c4cccnc4n(-c4cccc(C(F)c5ccc6c7ccccc7n7ccnc7c6c5)c4)c3cc21. The highest BCUT2D eigenvalue weighted by molar-refractivity contribution is 6.12. The van der Waals surface area contributed by atoms with E-state index in [0.29, 0.717) is 11.1 Å². The highest BCUT2D eigenvalue weighted by Gasteiger charge is 2.37. The maximum atomic E-state index is 16.9. The molecule has 5 nitrogen and oxygen atoms in total. The Kier molecular flexibility index (Phi) is 6.48. The number of nitrogens with zero attached hydrogens (tertiary/aromatic N) is 5. The fourth-order valence-corrected chi connectivity index (χ4v) is 8.91. The summed E-state index contributed by atoms with van der Waals surface area (Å²) >= 11 is 0. The van der Waals surface area contributed by atoms with Crippen molar-refractivity contribution < 1.29 is 4.39 Å². The van der Waals surface area contributed by atoms with Crippen LogP contribution >= 0.6 is 0 Å². The third kappa shape index (κ3) is 4.31. The summed E-state index contributed by atoms with van der Waals surface area (Å²) in [7, 11) is 0. The molecule has 4 aromatic heterocycles. The molecule has 11 rings (SSSR count). The Morgan fingerprint density at radius 1 is 0.519 bits per heavy atom. The van der Waals surface area contributed by atoms with Gasteiger partial charge in [-0.3, -0.25) is 8.97 Å². The van der Waals surface area contributed by atoms with E-state index < -0.39 is 6.17 Å². The van der Waals surface area contributed by atoms with Gasteiger partial charge in [0.15, 0.2) is 6.17 Å².